The lowest BCUT2D eigenvalue weighted by atomic mass is 10.5. The monoisotopic (exact) mass is 139 g/mol. The highest BCUT2D eigenvalue weighted by atomic mass is 32.2. The van der Waals surface area contributed by atoms with E-state index >= 15 is 0 Å². The van der Waals surface area contributed by atoms with Crippen molar-refractivity contribution < 1.29 is 14.0 Å². The highest BCUT2D eigenvalue weighted by molar-refractivity contribution is 7.85. The van der Waals surface area contributed by atoms with Crippen LogP contribution < -0.4 is 0 Å². The van der Waals surface area contributed by atoms with E-state index < -0.39 is 10.1 Å². The van der Waals surface area contributed by atoms with Crippen LogP contribution in [0.2, 0.25) is 0 Å². The summed E-state index contributed by atoms with van der Waals surface area (Å²) in [7, 11) is -3.19. The summed E-state index contributed by atoms with van der Waals surface area (Å²) in [4.78, 5) is 0. The second-order valence-electron chi connectivity index (χ2n) is 1.53. The molecule has 0 rings (SSSR count). The Morgan fingerprint density at radius 2 is 2.12 bits per heavy atom. The van der Waals surface area contributed by atoms with Gasteiger partial charge in [0.2, 0.25) is 0 Å². The number of rotatable bonds is 3. The van der Waals surface area contributed by atoms with Crippen LogP contribution in [0, 0.1) is 0 Å². The van der Waals surface area contributed by atoms with Crippen LogP contribution in [0.15, 0.2) is 0 Å². The lowest BCUT2D eigenvalue weighted by Gasteiger charge is -1.94. The van der Waals surface area contributed by atoms with Crippen molar-refractivity contribution >= 4 is 10.1 Å². The van der Waals surface area contributed by atoms with Crippen molar-refractivity contribution in [2.75, 3.05) is 12.9 Å². The molecule has 0 aliphatic heterocycles. The maximum Gasteiger partial charge on any atom is 1.00 e. The lowest BCUT2D eigenvalue weighted by molar-refractivity contribution is 0.322. The highest BCUT2D eigenvalue weighted by Gasteiger charge is 1.96. The average Bonchev–Trinajstić information content (AvgIpc) is 1.59. The third kappa shape index (κ3) is 5.91. The van der Waals surface area contributed by atoms with Crippen LogP contribution >= 0.6 is 0 Å². The fourth-order valence-corrected chi connectivity index (χ4v) is 0.704. The summed E-state index contributed by atoms with van der Waals surface area (Å²) >= 11 is 0. The third-order valence-corrected chi connectivity index (χ3v) is 1.10. The normalized spacial score (nSPS) is 11.8. The fraction of sp³-hybridized carbons (Fsp3) is 1.00. The topological polar surface area (TPSA) is 43.4 Å². The number of hydrogen-bond acceptors (Lipinski definition) is 3. The zero-order valence-electron chi connectivity index (χ0n) is 6.05. The molecule has 0 unspecified atom stereocenters. The van der Waals surface area contributed by atoms with E-state index in [2.05, 4.69) is 4.18 Å². The first-order valence-corrected chi connectivity index (χ1v) is 4.22. The second kappa shape index (κ2) is 3.04. The Kier molecular flexibility index (Phi) is 3.01. The minimum Gasteiger partial charge on any atom is -0.270 e. The summed E-state index contributed by atoms with van der Waals surface area (Å²) in [6.07, 6.45) is 1.77. The van der Waals surface area contributed by atoms with Crippen molar-refractivity contribution in [3.8, 4) is 0 Å². The zero-order valence-corrected chi connectivity index (χ0v) is 5.86. The molecular weight excluding hydrogens is 128 g/mol. The van der Waals surface area contributed by atoms with E-state index in [1.807, 2.05) is 6.92 Å². The molecule has 4 heteroatoms. The van der Waals surface area contributed by atoms with E-state index in [1.54, 1.807) is 0 Å². The van der Waals surface area contributed by atoms with Crippen molar-refractivity contribution in [2.45, 2.75) is 13.3 Å². The predicted octanol–water partition coefficient (Wildman–Crippen LogP) is 0.485. The first-order chi connectivity index (χ1) is 3.56. The van der Waals surface area contributed by atoms with Gasteiger partial charge in [-0.05, 0) is 6.42 Å². The van der Waals surface area contributed by atoms with Crippen LogP contribution in [0.1, 0.15) is 14.8 Å². The van der Waals surface area contributed by atoms with E-state index in [9.17, 15) is 8.42 Å². The minimum absolute atomic E-state index is 0. The van der Waals surface area contributed by atoms with Gasteiger partial charge in [0.15, 0.2) is 0 Å². The molecule has 0 N–H and O–H groups in total. The molecule has 0 saturated carbocycles. The Morgan fingerprint density at radius 1 is 1.62 bits per heavy atom. The maximum absolute atomic E-state index is 10.2. The summed E-state index contributed by atoms with van der Waals surface area (Å²) in [5, 5.41) is 0. The molecule has 0 spiro atoms. The van der Waals surface area contributed by atoms with Crippen molar-refractivity contribution in [1.29, 1.82) is 0 Å². The van der Waals surface area contributed by atoms with Gasteiger partial charge in [0, 0.05) is 0 Å². The van der Waals surface area contributed by atoms with Gasteiger partial charge in [-0.2, -0.15) is 8.42 Å². The van der Waals surface area contributed by atoms with Gasteiger partial charge >= 0.3 is 1.43 Å². The smallest absolute Gasteiger partial charge is 0.270 e. The second-order valence-corrected chi connectivity index (χ2v) is 3.17. The Hall–Kier alpha value is -0.0900. The Morgan fingerprint density at radius 3 is 2.25 bits per heavy atom. The highest BCUT2D eigenvalue weighted by Crippen LogP contribution is 1.86. The quantitative estimate of drug-likeness (QED) is 0.534. The van der Waals surface area contributed by atoms with E-state index in [0.29, 0.717) is 6.61 Å². The van der Waals surface area contributed by atoms with Crippen LogP contribution in [0.4, 0.5) is 0 Å². The Labute approximate surface area is 51.3 Å². The molecule has 0 aliphatic carbocycles. The summed E-state index contributed by atoms with van der Waals surface area (Å²) < 4.78 is 24.7. The lowest BCUT2D eigenvalue weighted by Crippen LogP contribution is -2.02. The van der Waals surface area contributed by atoms with Crippen molar-refractivity contribution in [1.82, 2.24) is 0 Å². The molecular formula is C4H11O3S+. The molecule has 0 aromatic rings. The molecule has 0 aromatic heterocycles. The summed E-state index contributed by atoms with van der Waals surface area (Å²) in [5.74, 6) is 0. The summed E-state index contributed by atoms with van der Waals surface area (Å²) in [6.45, 7) is 2.14. The minimum atomic E-state index is -3.19. The van der Waals surface area contributed by atoms with Crippen LogP contribution in [0.25, 0.3) is 0 Å². The Bertz CT molecular complexity index is 140. The first-order valence-electron chi connectivity index (χ1n) is 2.40. The van der Waals surface area contributed by atoms with Crippen LogP contribution in [0.5, 0.6) is 0 Å². The van der Waals surface area contributed by atoms with Gasteiger partial charge in [0.05, 0.1) is 12.9 Å². The standard InChI is InChI=1S/C4H10O3S/c1-3-4-7-8(2,5)6/h3-4H2,1-2H3/p+1. The summed E-state index contributed by atoms with van der Waals surface area (Å²) in [5.41, 5.74) is 0. The van der Waals surface area contributed by atoms with Gasteiger partial charge in [-0.3, -0.25) is 4.18 Å². The van der Waals surface area contributed by atoms with Gasteiger partial charge < -0.3 is 0 Å². The average molecular weight is 139 g/mol. The van der Waals surface area contributed by atoms with Gasteiger partial charge in [-0.1, -0.05) is 6.92 Å². The molecule has 0 radical (unpaired) electrons. The molecule has 0 heterocycles. The molecule has 0 aliphatic rings. The largest absolute Gasteiger partial charge is 1.00 e. The maximum atomic E-state index is 10.2. The van der Waals surface area contributed by atoms with Gasteiger partial charge in [0.25, 0.3) is 10.1 Å². The fourth-order valence-electron chi connectivity index (χ4n) is 0.235. The molecule has 0 aromatic carbocycles. The van der Waals surface area contributed by atoms with E-state index in [1.165, 1.54) is 0 Å². The molecule has 3 nitrogen and oxygen atoms in total. The molecule has 0 fully saturated rings. The van der Waals surface area contributed by atoms with E-state index in [-0.39, 0.29) is 1.43 Å². The predicted molar refractivity (Wildman–Crippen MR) is 32.2 cm³/mol. The van der Waals surface area contributed by atoms with Crippen molar-refractivity contribution in [3.05, 3.63) is 0 Å². The molecule has 0 amide bonds. The third-order valence-electron chi connectivity index (χ3n) is 0.502. The molecule has 8 heavy (non-hydrogen) atoms. The zero-order chi connectivity index (χ0) is 6.62. The SMILES string of the molecule is CCCOS(C)(=O)=O.[H+]. The van der Waals surface area contributed by atoms with Crippen molar-refractivity contribution in [2.24, 2.45) is 0 Å². The molecule has 0 saturated heterocycles. The van der Waals surface area contributed by atoms with Crippen molar-refractivity contribution in [3.63, 3.8) is 0 Å². The van der Waals surface area contributed by atoms with E-state index in [4.69, 9.17) is 0 Å². The van der Waals surface area contributed by atoms with Gasteiger partial charge in [-0.15, -0.1) is 0 Å². The molecule has 0 atom stereocenters. The van der Waals surface area contributed by atoms with Crippen LogP contribution in [-0.4, -0.2) is 21.3 Å². The molecule has 0 bridgehead atoms. The van der Waals surface area contributed by atoms with Gasteiger partial charge in [0.1, 0.15) is 0 Å². The number of hydrogen-bond donors (Lipinski definition) is 0. The van der Waals surface area contributed by atoms with Crippen LogP contribution in [-0.2, 0) is 14.3 Å². The Balaban J connectivity index is 0. The first kappa shape index (κ1) is 7.91. The van der Waals surface area contributed by atoms with E-state index in [0.717, 1.165) is 12.7 Å². The summed E-state index contributed by atoms with van der Waals surface area (Å²) in [6, 6.07) is 0. The van der Waals surface area contributed by atoms with Gasteiger partial charge in [-0.25, -0.2) is 0 Å². The van der Waals surface area contributed by atoms with Crippen LogP contribution in [0.3, 0.4) is 0 Å². The molecule has 50 valence electrons.